The summed E-state index contributed by atoms with van der Waals surface area (Å²) in [4.78, 5) is 41.4. The van der Waals surface area contributed by atoms with Crippen molar-refractivity contribution >= 4 is 34.1 Å². The Morgan fingerprint density at radius 2 is 1.78 bits per heavy atom. The first-order valence-electron chi connectivity index (χ1n) is 14.1. The normalized spacial score (nSPS) is 27.0. The van der Waals surface area contributed by atoms with Crippen molar-refractivity contribution in [2.24, 2.45) is 5.41 Å². The van der Waals surface area contributed by atoms with E-state index in [0.29, 0.717) is 12.0 Å². The maximum atomic E-state index is 13.9. The Morgan fingerprint density at radius 3 is 2.47 bits per heavy atom. The zero-order valence-corrected chi connectivity index (χ0v) is 22.2. The van der Waals surface area contributed by atoms with E-state index in [0.717, 1.165) is 48.7 Å². The largest absolute Gasteiger partial charge is 0.388 e. The summed E-state index contributed by atoms with van der Waals surface area (Å²) in [7, 11) is 1.90. The number of nitrogens with one attached hydrogen (secondary N) is 1. The van der Waals surface area contributed by atoms with Gasteiger partial charge >= 0.3 is 0 Å². The number of nitrogens with zero attached hydrogens (tertiary/aromatic N) is 2. The third kappa shape index (κ3) is 4.48. The Morgan fingerprint density at radius 1 is 1.06 bits per heavy atom. The van der Waals surface area contributed by atoms with E-state index >= 15 is 0 Å². The highest BCUT2D eigenvalue weighted by atomic mass is 16.2. The van der Waals surface area contributed by atoms with Crippen LogP contribution in [0, 0.1) is 5.41 Å². The smallest absolute Gasteiger partial charge is 0.243 e. The van der Waals surface area contributed by atoms with Crippen LogP contribution in [0.25, 0.3) is 10.9 Å². The van der Waals surface area contributed by atoms with E-state index in [1.165, 1.54) is 44.1 Å². The van der Waals surface area contributed by atoms with Crippen molar-refractivity contribution in [2.75, 3.05) is 12.4 Å². The molecule has 0 spiro atoms. The fourth-order valence-corrected chi connectivity index (χ4v) is 7.04. The molecule has 2 bridgehead atoms. The van der Waals surface area contributed by atoms with Crippen molar-refractivity contribution in [2.45, 2.75) is 110 Å². The van der Waals surface area contributed by atoms with Gasteiger partial charge in [0.2, 0.25) is 5.91 Å². The van der Waals surface area contributed by atoms with Crippen LogP contribution in [0.1, 0.15) is 100 Å². The summed E-state index contributed by atoms with van der Waals surface area (Å²) < 4.78 is 2.00. The van der Waals surface area contributed by atoms with Crippen molar-refractivity contribution in [3.63, 3.8) is 0 Å². The van der Waals surface area contributed by atoms with Crippen LogP contribution < -0.4 is 5.32 Å². The number of anilines is 1. The molecule has 1 amide bonds. The van der Waals surface area contributed by atoms with E-state index in [1.54, 1.807) is 6.92 Å². The van der Waals surface area contributed by atoms with E-state index in [-0.39, 0.29) is 41.5 Å². The topological polar surface area (TPSA) is 71.4 Å². The molecule has 3 heterocycles. The summed E-state index contributed by atoms with van der Waals surface area (Å²) in [6, 6.07) is 4.12. The zero-order chi connectivity index (χ0) is 25.4. The average Bonchev–Trinajstić information content (AvgIpc) is 3.27. The minimum absolute atomic E-state index is 0.00830. The standard InChI is InChI=1S/C30H41N3O3/c1-4-26(35)25-16-30-13-11-9-7-5-6-8-10-12-21-14-22(31-3)15-23-24(20(2)34)18-32(29(21)23)19-28(36)33(25)27(30)17-30/h14-15,18,25,27,31H,4-13,16-17,19H2,1-3H3/t25-,27+,30-/m0/s1. The first-order valence-corrected chi connectivity index (χ1v) is 14.1. The van der Waals surface area contributed by atoms with Crippen LogP contribution in [0.4, 0.5) is 5.69 Å². The number of aryl methyl sites for hydroxylation is 1. The number of rotatable bonds is 4. The summed E-state index contributed by atoms with van der Waals surface area (Å²) >= 11 is 0. The lowest BCUT2D eigenvalue weighted by molar-refractivity contribution is -0.139. The van der Waals surface area contributed by atoms with Gasteiger partial charge in [-0.25, -0.2) is 0 Å². The number of hydrogen-bond acceptors (Lipinski definition) is 4. The van der Waals surface area contributed by atoms with Crippen molar-refractivity contribution in [3.8, 4) is 0 Å². The number of carbonyl (C=O) groups is 3. The maximum Gasteiger partial charge on any atom is 0.243 e. The lowest BCUT2D eigenvalue weighted by Gasteiger charge is -2.27. The molecule has 2 fully saturated rings. The van der Waals surface area contributed by atoms with Gasteiger partial charge in [0.1, 0.15) is 6.54 Å². The van der Waals surface area contributed by atoms with Crippen LogP contribution in [0.15, 0.2) is 18.3 Å². The molecule has 2 aliphatic heterocycles. The van der Waals surface area contributed by atoms with E-state index in [9.17, 15) is 14.4 Å². The van der Waals surface area contributed by atoms with Crippen LogP contribution in [-0.2, 0) is 22.6 Å². The lowest BCUT2D eigenvalue weighted by Crippen LogP contribution is -2.44. The van der Waals surface area contributed by atoms with Crippen LogP contribution in [0.5, 0.6) is 0 Å². The second-order valence-electron chi connectivity index (χ2n) is 11.4. The van der Waals surface area contributed by atoms with Crippen LogP contribution in [-0.4, -0.2) is 46.1 Å². The summed E-state index contributed by atoms with van der Waals surface area (Å²) in [5.41, 5.74) is 3.98. The van der Waals surface area contributed by atoms with E-state index in [1.807, 2.05) is 35.7 Å². The molecule has 6 nitrogen and oxygen atoms in total. The van der Waals surface area contributed by atoms with E-state index < -0.39 is 0 Å². The van der Waals surface area contributed by atoms with Gasteiger partial charge in [0, 0.05) is 42.3 Å². The lowest BCUT2D eigenvalue weighted by atomic mass is 9.91. The average molecular weight is 492 g/mol. The highest BCUT2D eigenvalue weighted by molar-refractivity contribution is 6.09. The maximum absolute atomic E-state index is 13.9. The fourth-order valence-electron chi connectivity index (χ4n) is 7.04. The van der Waals surface area contributed by atoms with Gasteiger partial charge in [-0.1, -0.05) is 45.4 Å². The van der Waals surface area contributed by atoms with Gasteiger partial charge in [-0.15, -0.1) is 0 Å². The Balaban J connectivity index is 1.56. The summed E-state index contributed by atoms with van der Waals surface area (Å²) in [6.07, 6.45) is 14.8. The van der Waals surface area contributed by atoms with Gasteiger partial charge in [0.15, 0.2) is 11.6 Å². The predicted octanol–water partition coefficient (Wildman–Crippen LogP) is 5.90. The SMILES string of the molecule is CCC(=O)[C@@H]1C[C@]23CCCCCCCCCc4cc(NC)cc5c(C(C)=O)cn(c45)CC(=O)N1[C@@H]2C3. The molecule has 1 N–H and O–H groups in total. The molecule has 36 heavy (non-hydrogen) atoms. The number of piperidine rings is 1. The summed E-state index contributed by atoms with van der Waals surface area (Å²) in [5, 5.41) is 4.17. The Labute approximate surface area is 214 Å². The Kier molecular flexibility index (Phi) is 6.97. The first kappa shape index (κ1) is 25.0. The van der Waals surface area contributed by atoms with Crippen molar-refractivity contribution in [1.29, 1.82) is 0 Å². The number of Topliss-reactive ketones (excluding diaryl/α,β-unsaturated/α-hetero) is 2. The van der Waals surface area contributed by atoms with E-state index in [4.69, 9.17) is 0 Å². The molecule has 1 aliphatic carbocycles. The Hall–Kier alpha value is -2.63. The first-order chi connectivity index (χ1) is 17.4. The quantitative estimate of drug-likeness (QED) is 0.541. The monoisotopic (exact) mass is 491 g/mol. The molecule has 194 valence electrons. The predicted molar refractivity (Wildman–Crippen MR) is 144 cm³/mol. The Bertz CT molecular complexity index is 1180. The molecular formula is C30H41N3O3. The molecule has 0 radical (unpaired) electrons. The molecule has 0 unspecified atom stereocenters. The molecule has 1 aromatic carbocycles. The van der Waals surface area contributed by atoms with Crippen molar-refractivity contribution in [3.05, 3.63) is 29.5 Å². The van der Waals surface area contributed by atoms with Gasteiger partial charge in [-0.05, 0) is 62.1 Å². The molecule has 3 atom stereocenters. The molecule has 2 aromatic rings. The fraction of sp³-hybridized carbons (Fsp3) is 0.633. The van der Waals surface area contributed by atoms with E-state index in [2.05, 4.69) is 11.4 Å². The van der Waals surface area contributed by atoms with Crippen molar-refractivity contribution < 1.29 is 14.4 Å². The van der Waals surface area contributed by atoms with Crippen LogP contribution in [0.3, 0.4) is 0 Å². The van der Waals surface area contributed by atoms with Gasteiger partial charge < -0.3 is 14.8 Å². The second-order valence-corrected chi connectivity index (χ2v) is 11.4. The molecular weight excluding hydrogens is 450 g/mol. The molecule has 3 aliphatic rings. The number of aromatic nitrogens is 1. The molecule has 6 heteroatoms. The number of benzene rings is 1. The van der Waals surface area contributed by atoms with Gasteiger partial charge in [0.05, 0.1) is 11.6 Å². The second kappa shape index (κ2) is 10.0. The number of amides is 1. The molecule has 1 aromatic heterocycles. The molecule has 1 saturated carbocycles. The van der Waals surface area contributed by atoms with Crippen LogP contribution >= 0.6 is 0 Å². The van der Waals surface area contributed by atoms with Gasteiger partial charge in [-0.3, -0.25) is 14.4 Å². The number of ketones is 2. The third-order valence-corrected chi connectivity index (χ3v) is 9.07. The number of hydrogen-bond donors (Lipinski definition) is 1. The van der Waals surface area contributed by atoms with Gasteiger partial charge in [0.25, 0.3) is 0 Å². The van der Waals surface area contributed by atoms with Gasteiger partial charge in [-0.2, -0.15) is 0 Å². The molecule has 5 rings (SSSR count). The molecule has 1 saturated heterocycles. The highest BCUT2D eigenvalue weighted by Crippen LogP contribution is 2.62. The highest BCUT2D eigenvalue weighted by Gasteiger charge is 2.65. The summed E-state index contributed by atoms with van der Waals surface area (Å²) in [6.45, 7) is 3.68. The number of carbonyl (C=O) groups excluding carboxylic acids is 3. The third-order valence-electron chi connectivity index (χ3n) is 9.07. The summed E-state index contributed by atoms with van der Waals surface area (Å²) in [5.74, 6) is 0.213. The minimum atomic E-state index is -0.287. The van der Waals surface area contributed by atoms with Crippen molar-refractivity contribution in [1.82, 2.24) is 9.47 Å². The zero-order valence-electron chi connectivity index (χ0n) is 22.2. The van der Waals surface area contributed by atoms with Crippen LogP contribution in [0.2, 0.25) is 0 Å². The minimum Gasteiger partial charge on any atom is -0.388 e.